The van der Waals surface area contributed by atoms with Crippen LogP contribution in [0.15, 0.2) is 12.1 Å². The predicted octanol–water partition coefficient (Wildman–Crippen LogP) is 2.02. The van der Waals surface area contributed by atoms with Crippen LogP contribution < -0.4 is 15.2 Å². The molecule has 0 radical (unpaired) electrons. The minimum Gasteiger partial charge on any atom is -0.490 e. The molecular weight excluding hydrogens is 254 g/mol. The summed E-state index contributed by atoms with van der Waals surface area (Å²) in [5.74, 6) is 1.50. The third-order valence-electron chi connectivity index (χ3n) is 2.69. The molecule has 2 N–H and O–H groups in total. The Morgan fingerprint density at radius 2 is 1.89 bits per heavy atom. The van der Waals surface area contributed by atoms with E-state index in [4.69, 9.17) is 31.5 Å². The Balaban J connectivity index is 2.04. The Morgan fingerprint density at radius 3 is 2.61 bits per heavy atom. The van der Waals surface area contributed by atoms with Crippen LogP contribution in [0.1, 0.15) is 12.0 Å². The normalized spacial score (nSPS) is 14.3. The van der Waals surface area contributed by atoms with Gasteiger partial charge in [0.25, 0.3) is 0 Å². The van der Waals surface area contributed by atoms with Gasteiger partial charge in [0.05, 0.1) is 26.4 Å². The van der Waals surface area contributed by atoms with Gasteiger partial charge in [0.2, 0.25) is 0 Å². The first-order valence-electron chi connectivity index (χ1n) is 6.17. The lowest BCUT2D eigenvalue weighted by Gasteiger charge is -2.11. The van der Waals surface area contributed by atoms with Crippen LogP contribution in [0.5, 0.6) is 11.5 Å². The summed E-state index contributed by atoms with van der Waals surface area (Å²) in [5.41, 5.74) is 6.37. The smallest absolute Gasteiger partial charge is 0.162 e. The third-order valence-corrected chi connectivity index (χ3v) is 3.05. The van der Waals surface area contributed by atoms with Crippen molar-refractivity contribution in [3.05, 3.63) is 22.7 Å². The van der Waals surface area contributed by atoms with Crippen molar-refractivity contribution in [1.82, 2.24) is 0 Å². The highest BCUT2D eigenvalue weighted by atomic mass is 35.5. The van der Waals surface area contributed by atoms with Crippen molar-refractivity contribution in [3.8, 4) is 11.5 Å². The van der Waals surface area contributed by atoms with E-state index in [0.717, 1.165) is 29.9 Å². The van der Waals surface area contributed by atoms with Crippen LogP contribution in [-0.2, 0) is 11.2 Å². The highest BCUT2D eigenvalue weighted by Crippen LogP contribution is 2.35. The van der Waals surface area contributed by atoms with E-state index in [1.165, 1.54) is 0 Å². The molecule has 4 nitrogen and oxygen atoms in total. The number of nitrogens with two attached hydrogens (primary N) is 1. The lowest BCUT2D eigenvalue weighted by molar-refractivity contribution is 0.144. The molecule has 0 bridgehead atoms. The quantitative estimate of drug-likeness (QED) is 0.833. The largest absolute Gasteiger partial charge is 0.490 e. The van der Waals surface area contributed by atoms with E-state index in [1.807, 2.05) is 12.1 Å². The second-order valence-electron chi connectivity index (χ2n) is 4.09. The molecule has 5 heteroatoms. The lowest BCUT2D eigenvalue weighted by atomic mass is 10.1. The molecule has 1 aliphatic heterocycles. The molecule has 0 atom stereocenters. The highest BCUT2D eigenvalue weighted by molar-refractivity contribution is 6.31. The summed E-state index contributed by atoms with van der Waals surface area (Å²) in [6, 6.07) is 3.76. The summed E-state index contributed by atoms with van der Waals surface area (Å²) in [4.78, 5) is 0. The fourth-order valence-corrected chi connectivity index (χ4v) is 2.03. The van der Waals surface area contributed by atoms with E-state index in [9.17, 15) is 0 Å². The Bertz CT molecular complexity index is 398. The summed E-state index contributed by atoms with van der Waals surface area (Å²) in [7, 11) is 0. The van der Waals surface area contributed by atoms with Crippen molar-refractivity contribution >= 4 is 11.6 Å². The van der Waals surface area contributed by atoms with Crippen LogP contribution in [0, 0.1) is 0 Å². The number of hydrogen-bond donors (Lipinski definition) is 1. The van der Waals surface area contributed by atoms with E-state index in [2.05, 4.69) is 0 Å². The predicted molar refractivity (Wildman–Crippen MR) is 70.6 cm³/mol. The Hall–Kier alpha value is -0.970. The number of hydrogen-bond acceptors (Lipinski definition) is 4. The average Bonchev–Trinajstić information content (AvgIpc) is 2.59. The minimum absolute atomic E-state index is 0.537. The van der Waals surface area contributed by atoms with E-state index >= 15 is 0 Å². The van der Waals surface area contributed by atoms with Crippen molar-refractivity contribution in [2.45, 2.75) is 12.8 Å². The number of halogens is 1. The molecule has 1 aromatic rings. The molecule has 1 aromatic carbocycles. The van der Waals surface area contributed by atoms with Gasteiger partial charge in [-0.3, -0.25) is 0 Å². The van der Waals surface area contributed by atoms with E-state index < -0.39 is 0 Å². The number of rotatable bonds is 5. The van der Waals surface area contributed by atoms with Crippen molar-refractivity contribution in [2.24, 2.45) is 5.73 Å². The zero-order valence-corrected chi connectivity index (χ0v) is 11.0. The van der Waals surface area contributed by atoms with Gasteiger partial charge >= 0.3 is 0 Å². The van der Waals surface area contributed by atoms with Gasteiger partial charge in [-0.15, -0.1) is 0 Å². The molecule has 0 unspecified atom stereocenters. The molecule has 2 rings (SSSR count). The zero-order valence-electron chi connectivity index (χ0n) is 10.3. The number of fused-ring (bicyclic) bond motifs is 1. The molecule has 0 saturated carbocycles. The van der Waals surface area contributed by atoms with Crippen LogP contribution in [0.2, 0.25) is 5.02 Å². The van der Waals surface area contributed by atoms with E-state index in [0.29, 0.717) is 38.0 Å². The molecule has 0 saturated heterocycles. The summed E-state index contributed by atoms with van der Waals surface area (Å²) >= 11 is 6.21. The first kappa shape index (κ1) is 13.5. The second kappa shape index (κ2) is 6.83. The summed E-state index contributed by atoms with van der Waals surface area (Å²) in [5, 5.41) is 0.690. The first-order chi connectivity index (χ1) is 8.81. The van der Waals surface area contributed by atoms with Gasteiger partial charge in [0.15, 0.2) is 11.5 Å². The van der Waals surface area contributed by atoms with Gasteiger partial charge in [-0.1, -0.05) is 11.6 Å². The molecule has 0 aromatic heterocycles. The fourth-order valence-electron chi connectivity index (χ4n) is 1.79. The molecular formula is C13H18ClNO3. The van der Waals surface area contributed by atoms with Crippen LogP contribution in [-0.4, -0.2) is 33.0 Å². The summed E-state index contributed by atoms with van der Waals surface area (Å²) < 4.78 is 16.6. The van der Waals surface area contributed by atoms with Gasteiger partial charge in [-0.2, -0.15) is 0 Å². The molecule has 1 heterocycles. The van der Waals surface area contributed by atoms with Crippen molar-refractivity contribution in [1.29, 1.82) is 0 Å². The maximum Gasteiger partial charge on any atom is 0.162 e. The molecule has 0 spiro atoms. The molecule has 1 aliphatic rings. The molecule has 0 fully saturated rings. The van der Waals surface area contributed by atoms with Gasteiger partial charge < -0.3 is 19.9 Å². The van der Waals surface area contributed by atoms with Crippen LogP contribution in [0.3, 0.4) is 0 Å². The zero-order chi connectivity index (χ0) is 12.8. The van der Waals surface area contributed by atoms with Crippen molar-refractivity contribution < 1.29 is 14.2 Å². The van der Waals surface area contributed by atoms with Crippen molar-refractivity contribution in [2.75, 3.05) is 33.0 Å². The van der Waals surface area contributed by atoms with Gasteiger partial charge in [0.1, 0.15) is 0 Å². The Labute approximate surface area is 112 Å². The highest BCUT2D eigenvalue weighted by Gasteiger charge is 2.13. The topological polar surface area (TPSA) is 53.7 Å². The van der Waals surface area contributed by atoms with Crippen LogP contribution in [0.25, 0.3) is 0 Å². The number of ether oxygens (including phenoxy) is 3. The summed E-state index contributed by atoms with van der Waals surface area (Å²) in [6.07, 6.45) is 1.64. The van der Waals surface area contributed by atoms with Crippen LogP contribution >= 0.6 is 11.6 Å². The molecule has 0 aliphatic carbocycles. The summed E-state index contributed by atoms with van der Waals surface area (Å²) in [6.45, 7) is 3.06. The lowest BCUT2D eigenvalue weighted by Crippen LogP contribution is -2.10. The Morgan fingerprint density at radius 1 is 1.17 bits per heavy atom. The van der Waals surface area contributed by atoms with Crippen LogP contribution in [0.4, 0.5) is 0 Å². The maximum absolute atomic E-state index is 6.21. The Kier molecular flexibility index (Phi) is 5.11. The first-order valence-corrected chi connectivity index (χ1v) is 6.55. The van der Waals surface area contributed by atoms with E-state index in [-0.39, 0.29) is 0 Å². The van der Waals surface area contributed by atoms with Gasteiger partial charge in [0, 0.05) is 24.1 Å². The fraction of sp³-hybridized carbons (Fsp3) is 0.538. The molecule has 100 valence electrons. The third kappa shape index (κ3) is 3.51. The van der Waals surface area contributed by atoms with E-state index in [1.54, 1.807) is 0 Å². The van der Waals surface area contributed by atoms with Gasteiger partial charge in [-0.05, 0) is 18.1 Å². The standard InChI is InChI=1S/C13H18ClNO3/c14-11-9-13-12(17-4-1-5-18-13)8-10(11)2-6-16-7-3-15/h8-9H,1-7,15H2. The molecule has 18 heavy (non-hydrogen) atoms. The second-order valence-corrected chi connectivity index (χ2v) is 4.50. The number of benzene rings is 1. The maximum atomic E-state index is 6.21. The monoisotopic (exact) mass is 271 g/mol. The average molecular weight is 272 g/mol. The van der Waals surface area contributed by atoms with Crippen molar-refractivity contribution in [3.63, 3.8) is 0 Å². The molecule has 0 amide bonds. The minimum atomic E-state index is 0.537. The SMILES string of the molecule is NCCOCCc1cc2c(cc1Cl)OCCCO2. The van der Waals surface area contributed by atoms with Gasteiger partial charge in [-0.25, -0.2) is 0 Å².